The van der Waals surface area contributed by atoms with Crippen LogP contribution >= 0.6 is 11.6 Å². The number of halogens is 1. The van der Waals surface area contributed by atoms with Crippen molar-refractivity contribution >= 4 is 23.5 Å². The van der Waals surface area contributed by atoms with Crippen molar-refractivity contribution in [3.05, 3.63) is 34.9 Å². The summed E-state index contributed by atoms with van der Waals surface area (Å²) in [6.07, 6.45) is 8.16. The number of carbonyl (C=O) groups excluding carboxylic acids is 2. The second kappa shape index (κ2) is 11.9. The molecule has 1 aromatic rings. The van der Waals surface area contributed by atoms with Crippen molar-refractivity contribution in [2.45, 2.75) is 64.8 Å². The molecule has 0 unspecified atom stereocenters. The molecule has 0 heterocycles. The summed E-state index contributed by atoms with van der Waals surface area (Å²) >= 11 is 5.97. The molecular formula is C19H28ClNO3. The van der Waals surface area contributed by atoms with E-state index in [1.807, 2.05) is 0 Å². The molecule has 0 aromatic heterocycles. The Hall–Kier alpha value is -1.55. The monoisotopic (exact) mass is 353 g/mol. The summed E-state index contributed by atoms with van der Waals surface area (Å²) in [7, 11) is 0. The average Bonchev–Trinajstić information content (AvgIpc) is 2.57. The predicted octanol–water partition coefficient (Wildman–Crippen LogP) is 4.75. The first-order valence-corrected chi connectivity index (χ1v) is 9.16. The van der Waals surface area contributed by atoms with Crippen molar-refractivity contribution < 1.29 is 14.3 Å². The quantitative estimate of drug-likeness (QED) is 0.461. The number of benzene rings is 1. The summed E-state index contributed by atoms with van der Waals surface area (Å²) in [5, 5.41) is 2.97. The molecule has 1 atom stereocenters. The highest BCUT2D eigenvalue weighted by Gasteiger charge is 2.19. The van der Waals surface area contributed by atoms with Gasteiger partial charge in [0.15, 0.2) is 0 Å². The zero-order valence-electron chi connectivity index (χ0n) is 14.6. The van der Waals surface area contributed by atoms with Gasteiger partial charge in [0.05, 0.1) is 17.2 Å². The van der Waals surface area contributed by atoms with Crippen molar-refractivity contribution in [2.24, 2.45) is 0 Å². The van der Waals surface area contributed by atoms with Crippen LogP contribution in [0.15, 0.2) is 24.3 Å². The van der Waals surface area contributed by atoms with Crippen molar-refractivity contribution in [1.82, 2.24) is 5.32 Å². The number of esters is 1. The third-order valence-electron chi connectivity index (χ3n) is 3.81. The number of unbranched alkanes of at least 4 members (excludes halogenated alkanes) is 6. The third kappa shape index (κ3) is 7.82. The molecule has 0 saturated heterocycles. The van der Waals surface area contributed by atoms with Crippen LogP contribution in [-0.2, 0) is 9.53 Å². The number of ether oxygens (including phenoxy) is 1. The van der Waals surface area contributed by atoms with Gasteiger partial charge in [-0.05, 0) is 25.5 Å². The lowest BCUT2D eigenvalue weighted by atomic mass is 10.1. The minimum atomic E-state index is -0.696. The molecule has 4 nitrogen and oxygen atoms in total. The lowest BCUT2D eigenvalue weighted by Crippen LogP contribution is -2.39. The second-order valence-corrected chi connectivity index (χ2v) is 6.37. The van der Waals surface area contributed by atoms with Gasteiger partial charge in [-0.25, -0.2) is 4.79 Å². The summed E-state index contributed by atoms with van der Waals surface area (Å²) in [6, 6.07) is 6.04. The summed E-state index contributed by atoms with van der Waals surface area (Å²) in [5.74, 6) is -0.789. The first-order chi connectivity index (χ1) is 11.6. The van der Waals surface area contributed by atoms with E-state index in [9.17, 15) is 9.59 Å². The molecular weight excluding hydrogens is 326 g/mol. The van der Waals surface area contributed by atoms with Gasteiger partial charge < -0.3 is 10.1 Å². The molecule has 0 fully saturated rings. The average molecular weight is 354 g/mol. The van der Waals surface area contributed by atoms with Crippen LogP contribution in [-0.4, -0.2) is 24.5 Å². The summed E-state index contributed by atoms with van der Waals surface area (Å²) < 4.78 is 5.21. The van der Waals surface area contributed by atoms with E-state index < -0.39 is 12.0 Å². The van der Waals surface area contributed by atoms with Crippen molar-refractivity contribution in [1.29, 1.82) is 0 Å². The highest BCUT2D eigenvalue weighted by molar-refractivity contribution is 6.33. The molecule has 24 heavy (non-hydrogen) atoms. The summed E-state index contributed by atoms with van der Waals surface area (Å²) in [4.78, 5) is 24.0. The maximum atomic E-state index is 12.1. The SMILES string of the molecule is CCCCCCCCCOC(=O)[C@H](C)NC(=O)c1ccccc1Cl. The Bertz CT molecular complexity index is 519. The van der Waals surface area contributed by atoms with Crippen LogP contribution in [0.25, 0.3) is 0 Å². The smallest absolute Gasteiger partial charge is 0.328 e. The van der Waals surface area contributed by atoms with Gasteiger partial charge in [0.1, 0.15) is 6.04 Å². The molecule has 0 aliphatic carbocycles. The number of rotatable bonds is 11. The van der Waals surface area contributed by atoms with Crippen LogP contribution < -0.4 is 5.32 Å². The van der Waals surface area contributed by atoms with Crippen molar-refractivity contribution in [2.75, 3.05) is 6.61 Å². The van der Waals surface area contributed by atoms with Crippen LogP contribution in [0.4, 0.5) is 0 Å². The molecule has 1 N–H and O–H groups in total. The first kappa shape index (κ1) is 20.5. The maximum absolute atomic E-state index is 12.1. The molecule has 0 saturated carbocycles. The second-order valence-electron chi connectivity index (χ2n) is 5.96. The molecule has 0 bridgehead atoms. The zero-order chi connectivity index (χ0) is 17.8. The Morgan fingerprint density at radius 3 is 2.38 bits per heavy atom. The summed E-state index contributed by atoms with van der Waals surface area (Å²) in [5.41, 5.74) is 0.353. The molecule has 0 radical (unpaired) electrons. The Morgan fingerprint density at radius 2 is 1.71 bits per heavy atom. The van der Waals surface area contributed by atoms with Crippen LogP contribution in [0.5, 0.6) is 0 Å². The van der Waals surface area contributed by atoms with Gasteiger partial charge in [-0.15, -0.1) is 0 Å². The van der Waals surface area contributed by atoms with Crippen LogP contribution in [0.2, 0.25) is 5.02 Å². The van der Waals surface area contributed by atoms with Gasteiger partial charge >= 0.3 is 5.97 Å². The van der Waals surface area contributed by atoms with Gasteiger partial charge in [0.25, 0.3) is 5.91 Å². The van der Waals surface area contributed by atoms with E-state index in [-0.39, 0.29) is 5.91 Å². The fraction of sp³-hybridized carbons (Fsp3) is 0.579. The first-order valence-electron chi connectivity index (χ1n) is 8.78. The lowest BCUT2D eigenvalue weighted by molar-refractivity contribution is -0.145. The largest absolute Gasteiger partial charge is 0.464 e. The fourth-order valence-electron chi connectivity index (χ4n) is 2.34. The number of carbonyl (C=O) groups is 2. The fourth-order valence-corrected chi connectivity index (χ4v) is 2.56. The van der Waals surface area contributed by atoms with Crippen LogP contribution in [0.1, 0.15) is 69.2 Å². The number of nitrogens with one attached hydrogen (secondary N) is 1. The van der Waals surface area contributed by atoms with Gasteiger partial charge in [-0.1, -0.05) is 69.2 Å². The van der Waals surface area contributed by atoms with Crippen LogP contribution in [0, 0.1) is 0 Å². The van der Waals surface area contributed by atoms with Gasteiger partial charge in [-0.3, -0.25) is 4.79 Å². The molecule has 0 aliphatic heterocycles. The van der Waals surface area contributed by atoms with E-state index >= 15 is 0 Å². The Kier molecular flexibility index (Phi) is 10.2. The van der Waals surface area contributed by atoms with Gasteiger partial charge in [0, 0.05) is 0 Å². The van der Waals surface area contributed by atoms with E-state index in [1.165, 1.54) is 32.1 Å². The molecule has 1 aromatic carbocycles. The number of amides is 1. The predicted molar refractivity (Wildman–Crippen MR) is 97.3 cm³/mol. The molecule has 134 valence electrons. The van der Waals surface area contributed by atoms with E-state index in [1.54, 1.807) is 31.2 Å². The maximum Gasteiger partial charge on any atom is 0.328 e. The zero-order valence-corrected chi connectivity index (χ0v) is 15.4. The summed E-state index contributed by atoms with van der Waals surface area (Å²) in [6.45, 7) is 4.21. The Balaban J connectivity index is 2.21. The van der Waals surface area contributed by atoms with Crippen molar-refractivity contribution in [3.63, 3.8) is 0 Å². The van der Waals surface area contributed by atoms with E-state index in [4.69, 9.17) is 16.3 Å². The molecule has 0 aliphatic rings. The topological polar surface area (TPSA) is 55.4 Å². The Labute approximate surface area is 149 Å². The third-order valence-corrected chi connectivity index (χ3v) is 4.14. The highest BCUT2D eigenvalue weighted by atomic mass is 35.5. The molecule has 5 heteroatoms. The van der Waals surface area contributed by atoms with E-state index in [2.05, 4.69) is 12.2 Å². The molecule has 1 rings (SSSR count). The lowest BCUT2D eigenvalue weighted by Gasteiger charge is -2.14. The van der Waals surface area contributed by atoms with Gasteiger partial charge in [-0.2, -0.15) is 0 Å². The van der Waals surface area contributed by atoms with Crippen molar-refractivity contribution in [3.8, 4) is 0 Å². The number of hydrogen-bond acceptors (Lipinski definition) is 3. The van der Waals surface area contributed by atoms with Crippen LogP contribution in [0.3, 0.4) is 0 Å². The highest BCUT2D eigenvalue weighted by Crippen LogP contribution is 2.14. The minimum absolute atomic E-state index is 0.353. The standard InChI is InChI=1S/C19H28ClNO3/c1-3-4-5-6-7-8-11-14-24-19(23)15(2)21-18(22)16-12-9-10-13-17(16)20/h9-10,12-13,15H,3-8,11,14H2,1-2H3,(H,21,22)/t15-/m0/s1. The minimum Gasteiger partial charge on any atom is -0.464 e. The molecule has 1 amide bonds. The number of hydrogen-bond donors (Lipinski definition) is 1. The Morgan fingerprint density at radius 1 is 1.08 bits per heavy atom. The van der Waals surface area contributed by atoms with E-state index in [0.29, 0.717) is 17.2 Å². The molecule has 0 spiro atoms. The normalized spacial score (nSPS) is 11.8. The van der Waals surface area contributed by atoms with Gasteiger partial charge in [0.2, 0.25) is 0 Å². The van der Waals surface area contributed by atoms with E-state index in [0.717, 1.165) is 12.8 Å².